The first-order valence-electron chi connectivity index (χ1n) is 4.47. The molecular weight excluding hydrogens is 166 g/mol. The highest BCUT2D eigenvalue weighted by Gasteiger charge is 2.22. The van der Waals surface area contributed by atoms with Gasteiger partial charge in [0, 0.05) is 12.1 Å². The first kappa shape index (κ1) is 8.51. The highest BCUT2D eigenvalue weighted by atomic mass is 16.5. The third-order valence-corrected chi connectivity index (χ3v) is 2.27. The largest absolute Gasteiger partial charge is 0.491 e. The van der Waals surface area contributed by atoms with E-state index >= 15 is 0 Å². The van der Waals surface area contributed by atoms with E-state index in [2.05, 4.69) is 4.98 Å². The first-order chi connectivity index (χ1) is 6.18. The van der Waals surface area contributed by atoms with Crippen molar-refractivity contribution in [2.75, 3.05) is 6.61 Å². The predicted octanol–water partition coefficient (Wildman–Crippen LogP) is 1.51. The van der Waals surface area contributed by atoms with Crippen LogP contribution in [0.3, 0.4) is 0 Å². The van der Waals surface area contributed by atoms with Crippen LogP contribution in [-0.2, 0) is 0 Å². The van der Waals surface area contributed by atoms with Crippen LogP contribution in [0.2, 0.25) is 0 Å². The van der Waals surface area contributed by atoms with Crippen molar-refractivity contribution in [3.63, 3.8) is 0 Å². The molecule has 3 heteroatoms. The molecule has 0 fully saturated rings. The average Bonchev–Trinajstić information content (AvgIpc) is 2.07. The smallest absolute Gasteiger partial charge is 0.146 e. The maximum Gasteiger partial charge on any atom is 0.146 e. The molecule has 1 aliphatic heterocycles. The lowest BCUT2D eigenvalue weighted by Crippen LogP contribution is -2.16. The van der Waals surface area contributed by atoms with E-state index in [1.165, 1.54) is 0 Å². The molecule has 0 saturated heterocycles. The van der Waals surface area contributed by atoms with Crippen molar-refractivity contribution < 1.29 is 9.84 Å². The average molecular weight is 179 g/mol. The molecule has 70 valence electrons. The number of ether oxygens (including phenoxy) is 1. The minimum atomic E-state index is -0.456. The second-order valence-electron chi connectivity index (χ2n) is 3.45. The SMILES string of the molecule is Cc1cc(C)c2c(n1)C(O)CCO2. The molecule has 1 aliphatic rings. The standard InChI is InChI=1S/C10H13NO2/c1-6-5-7(2)11-9-8(12)3-4-13-10(6)9/h5,8,12H,3-4H2,1-2H3. The van der Waals surface area contributed by atoms with Gasteiger partial charge < -0.3 is 9.84 Å². The Balaban J connectivity index is 2.56. The van der Waals surface area contributed by atoms with Crippen molar-refractivity contribution in [1.82, 2.24) is 4.98 Å². The minimum absolute atomic E-state index is 0.456. The molecule has 13 heavy (non-hydrogen) atoms. The molecule has 0 bridgehead atoms. The molecule has 2 heterocycles. The third kappa shape index (κ3) is 1.40. The van der Waals surface area contributed by atoms with E-state index in [4.69, 9.17) is 4.74 Å². The Kier molecular flexibility index (Phi) is 1.96. The van der Waals surface area contributed by atoms with Gasteiger partial charge >= 0.3 is 0 Å². The van der Waals surface area contributed by atoms with E-state index in [9.17, 15) is 5.11 Å². The lowest BCUT2D eigenvalue weighted by Gasteiger charge is -2.22. The fourth-order valence-electron chi connectivity index (χ4n) is 1.68. The van der Waals surface area contributed by atoms with Crippen LogP contribution in [0.5, 0.6) is 5.75 Å². The number of nitrogens with zero attached hydrogens (tertiary/aromatic N) is 1. The number of fused-ring (bicyclic) bond motifs is 1. The summed E-state index contributed by atoms with van der Waals surface area (Å²) in [4.78, 5) is 4.28. The number of aryl methyl sites for hydroxylation is 2. The molecule has 0 aromatic carbocycles. The van der Waals surface area contributed by atoms with Crippen LogP contribution in [0.1, 0.15) is 29.5 Å². The van der Waals surface area contributed by atoms with Gasteiger partial charge in [-0.1, -0.05) is 0 Å². The Labute approximate surface area is 77.4 Å². The van der Waals surface area contributed by atoms with Crippen molar-refractivity contribution in [3.05, 3.63) is 23.0 Å². The third-order valence-electron chi connectivity index (χ3n) is 2.27. The van der Waals surface area contributed by atoms with Crippen LogP contribution in [0.25, 0.3) is 0 Å². The van der Waals surface area contributed by atoms with E-state index in [0.29, 0.717) is 18.7 Å². The summed E-state index contributed by atoms with van der Waals surface area (Å²) in [5.74, 6) is 0.768. The predicted molar refractivity (Wildman–Crippen MR) is 48.8 cm³/mol. The number of aromatic nitrogens is 1. The van der Waals surface area contributed by atoms with Gasteiger partial charge in [0.1, 0.15) is 17.5 Å². The van der Waals surface area contributed by atoms with Crippen LogP contribution in [0.15, 0.2) is 6.07 Å². The maximum atomic E-state index is 9.67. The number of hydrogen-bond acceptors (Lipinski definition) is 3. The molecular formula is C10H13NO2. The fraction of sp³-hybridized carbons (Fsp3) is 0.500. The van der Waals surface area contributed by atoms with E-state index in [1.54, 1.807) is 0 Å². The Morgan fingerprint density at radius 1 is 1.54 bits per heavy atom. The van der Waals surface area contributed by atoms with Gasteiger partial charge in [-0.25, -0.2) is 0 Å². The minimum Gasteiger partial charge on any atom is -0.491 e. The summed E-state index contributed by atoms with van der Waals surface area (Å²) in [5.41, 5.74) is 2.69. The van der Waals surface area contributed by atoms with Crippen molar-refractivity contribution in [2.45, 2.75) is 26.4 Å². The number of pyridine rings is 1. The zero-order chi connectivity index (χ0) is 9.42. The molecule has 0 aliphatic carbocycles. The van der Waals surface area contributed by atoms with Crippen LogP contribution in [-0.4, -0.2) is 16.7 Å². The highest BCUT2D eigenvalue weighted by molar-refractivity contribution is 5.40. The van der Waals surface area contributed by atoms with Gasteiger partial charge in [0.05, 0.1) is 6.61 Å². The summed E-state index contributed by atoms with van der Waals surface area (Å²) in [5, 5.41) is 9.67. The van der Waals surface area contributed by atoms with Crippen LogP contribution in [0, 0.1) is 13.8 Å². The molecule has 0 radical (unpaired) electrons. The lowest BCUT2D eigenvalue weighted by molar-refractivity contribution is 0.109. The number of aliphatic hydroxyl groups is 1. The van der Waals surface area contributed by atoms with E-state index in [-0.39, 0.29) is 0 Å². The zero-order valence-electron chi connectivity index (χ0n) is 7.87. The summed E-state index contributed by atoms with van der Waals surface area (Å²) in [7, 11) is 0. The molecule has 1 unspecified atom stereocenters. The second-order valence-corrected chi connectivity index (χ2v) is 3.45. The molecule has 1 aromatic heterocycles. The van der Waals surface area contributed by atoms with Crippen molar-refractivity contribution in [1.29, 1.82) is 0 Å². The molecule has 0 spiro atoms. The van der Waals surface area contributed by atoms with Crippen LogP contribution >= 0.6 is 0 Å². The van der Waals surface area contributed by atoms with Gasteiger partial charge in [0.15, 0.2) is 0 Å². The van der Waals surface area contributed by atoms with E-state index in [1.807, 2.05) is 19.9 Å². The van der Waals surface area contributed by atoms with Crippen molar-refractivity contribution in [3.8, 4) is 5.75 Å². The molecule has 1 aromatic rings. The van der Waals surface area contributed by atoms with Gasteiger partial charge in [-0.15, -0.1) is 0 Å². The molecule has 3 nitrogen and oxygen atoms in total. The Morgan fingerprint density at radius 3 is 3.08 bits per heavy atom. The Bertz CT molecular complexity index is 336. The topological polar surface area (TPSA) is 42.4 Å². The van der Waals surface area contributed by atoms with Gasteiger partial charge in [-0.3, -0.25) is 4.98 Å². The molecule has 1 atom stereocenters. The normalized spacial score (nSPS) is 20.7. The summed E-state index contributed by atoms with van der Waals surface area (Å²) < 4.78 is 5.46. The number of rotatable bonds is 0. The molecule has 1 N–H and O–H groups in total. The highest BCUT2D eigenvalue weighted by Crippen LogP contribution is 2.33. The van der Waals surface area contributed by atoms with Gasteiger partial charge in [0.2, 0.25) is 0 Å². The summed E-state index contributed by atoms with van der Waals surface area (Å²) in [6, 6.07) is 1.97. The summed E-state index contributed by atoms with van der Waals surface area (Å²) in [6.45, 7) is 4.49. The van der Waals surface area contributed by atoms with Crippen LogP contribution < -0.4 is 4.74 Å². The van der Waals surface area contributed by atoms with Crippen molar-refractivity contribution >= 4 is 0 Å². The van der Waals surface area contributed by atoms with Crippen molar-refractivity contribution in [2.24, 2.45) is 0 Å². The lowest BCUT2D eigenvalue weighted by atomic mass is 10.1. The Hall–Kier alpha value is -1.09. The summed E-state index contributed by atoms with van der Waals surface area (Å²) in [6.07, 6.45) is 0.186. The quantitative estimate of drug-likeness (QED) is 0.656. The maximum absolute atomic E-state index is 9.67. The second kappa shape index (κ2) is 3.00. The Morgan fingerprint density at radius 2 is 2.31 bits per heavy atom. The monoisotopic (exact) mass is 179 g/mol. The van der Waals surface area contributed by atoms with Crippen LogP contribution in [0.4, 0.5) is 0 Å². The number of hydrogen-bond donors (Lipinski definition) is 1. The zero-order valence-corrected chi connectivity index (χ0v) is 7.87. The van der Waals surface area contributed by atoms with Gasteiger partial charge in [0.25, 0.3) is 0 Å². The van der Waals surface area contributed by atoms with E-state index < -0.39 is 6.10 Å². The summed E-state index contributed by atoms with van der Waals surface area (Å²) >= 11 is 0. The number of aliphatic hydroxyl groups excluding tert-OH is 1. The van der Waals surface area contributed by atoms with Gasteiger partial charge in [-0.05, 0) is 25.5 Å². The fourth-order valence-corrected chi connectivity index (χ4v) is 1.68. The van der Waals surface area contributed by atoms with E-state index in [0.717, 1.165) is 17.0 Å². The van der Waals surface area contributed by atoms with Gasteiger partial charge in [-0.2, -0.15) is 0 Å². The molecule has 2 rings (SSSR count). The molecule has 0 saturated carbocycles. The first-order valence-corrected chi connectivity index (χ1v) is 4.47. The molecule has 0 amide bonds.